The van der Waals surface area contributed by atoms with E-state index in [9.17, 15) is 9.59 Å². The maximum atomic E-state index is 12.8. The Morgan fingerprint density at radius 3 is 2.85 bits per heavy atom. The minimum Gasteiger partial charge on any atom is -0.486 e. The van der Waals surface area contributed by atoms with E-state index in [4.69, 9.17) is 9.47 Å². The van der Waals surface area contributed by atoms with Gasteiger partial charge >= 0.3 is 0 Å². The molecule has 3 heterocycles. The first-order valence-electron chi connectivity index (χ1n) is 9.36. The lowest BCUT2D eigenvalue weighted by Crippen LogP contribution is -2.49. The molecule has 140 valence electrons. The van der Waals surface area contributed by atoms with Crippen LogP contribution in [0.15, 0.2) is 18.2 Å². The van der Waals surface area contributed by atoms with Crippen molar-refractivity contribution in [3.63, 3.8) is 0 Å². The summed E-state index contributed by atoms with van der Waals surface area (Å²) in [6, 6.07) is 6.03. The summed E-state index contributed by atoms with van der Waals surface area (Å²) in [7, 11) is 0. The van der Waals surface area contributed by atoms with Gasteiger partial charge < -0.3 is 25.0 Å². The second-order valence-corrected chi connectivity index (χ2v) is 7.24. The third kappa shape index (κ3) is 3.35. The Morgan fingerprint density at radius 2 is 2.04 bits per heavy atom. The van der Waals surface area contributed by atoms with Crippen molar-refractivity contribution in [2.24, 2.45) is 5.92 Å². The van der Waals surface area contributed by atoms with Crippen LogP contribution in [0.4, 0.5) is 5.69 Å². The maximum absolute atomic E-state index is 12.8. The highest BCUT2D eigenvalue weighted by Crippen LogP contribution is 2.36. The fraction of sp³-hybridized carbons (Fsp3) is 0.579. The molecule has 0 spiro atoms. The van der Waals surface area contributed by atoms with E-state index < -0.39 is 5.92 Å². The molecule has 0 bridgehead atoms. The normalized spacial score (nSPS) is 28.1. The third-order valence-electron chi connectivity index (χ3n) is 5.33. The molecule has 0 aliphatic carbocycles. The number of carbonyl (C=O) groups is 2. The van der Waals surface area contributed by atoms with Crippen molar-refractivity contribution in [1.29, 1.82) is 0 Å². The zero-order chi connectivity index (χ0) is 18.1. The summed E-state index contributed by atoms with van der Waals surface area (Å²) in [6.45, 7) is 4.59. The average Bonchev–Trinajstić information content (AvgIpc) is 3.03. The largest absolute Gasteiger partial charge is 0.486 e. The molecule has 4 rings (SSSR count). The van der Waals surface area contributed by atoms with Gasteiger partial charge in [-0.3, -0.25) is 9.59 Å². The van der Waals surface area contributed by atoms with E-state index in [0.29, 0.717) is 43.7 Å². The molecule has 3 aliphatic heterocycles. The standard InChI is InChI=1S/C19H25N3O4/c1-12-10-13(4-6-20-12)21-18(23)15-5-7-22(19(15)24)14-2-3-16-17(11-14)26-9-8-25-16/h2-3,11-13,15,20H,4-10H2,1H3,(H,21,23). The molecule has 2 saturated heterocycles. The lowest BCUT2D eigenvalue weighted by Gasteiger charge is -2.29. The SMILES string of the molecule is CC1CC(NC(=O)C2CCN(c3ccc4c(c3)OCCO4)C2=O)CCN1. The molecule has 3 unspecified atom stereocenters. The molecular formula is C19H25N3O4. The number of benzene rings is 1. The summed E-state index contributed by atoms with van der Waals surface area (Å²) >= 11 is 0. The van der Waals surface area contributed by atoms with E-state index in [-0.39, 0.29) is 17.9 Å². The summed E-state index contributed by atoms with van der Waals surface area (Å²) in [5.41, 5.74) is 0.755. The Balaban J connectivity index is 1.42. The Hall–Kier alpha value is -2.28. The number of rotatable bonds is 3. The number of amides is 2. The number of ether oxygens (including phenoxy) is 2. The highest BCUT2D eigenvalue weighted by molar-refractivity contribution is 6.09. The number of nitrogens with zero attached hydrogens (tertiary/aromatic N) is 1. The molecule has 7 heteroatoms. The fourth-order valence-corrected chi connectivity index (χ4v) is 3.94. The van der Waals surface area contributed by atoms with Gasteiger partial charge in [0, 0.05) is 30.4 Å². The Bertz CT molecular complexity index is 708. The van der Waals surface area contributed by atoms with Crippen molar-refractivity contribution in [3.05, 3.63) is 18.2 Å². The zero-order valence-electron chi connectivity index (χ0n) is 15.0. The van der Waals surface area contributed by atoms with E-state index in [2.05, 4.69) is 17.6 Å². The van der Waals surface area contributed by atoms with Crippen molar-refractivity contribution < 1.29 is 19.1 Å². The van der Waals surface area contributed by atoms with Gasteiger partial charge in [-0.2, -0.15) is 0 Å². The molecule has 2 N–H and O–H groups in total. The smallest absolute Gasteiger partial charge is 0.239 e. The van der Waals surface area contributed by atoms with Crippen LogP contribution < -0.4 is 25.0 Å². The van der Waals surface area contributed by atoms with Gasteiger partial charge in [0.2, 0.25) is 11.8 Å². The Labute approximate surface area is 153 Å². The topological polar surface area (TPSA) is 79.9 Å². The summed E-state index contributed by atoms with van der Waals surface area (Å²) in [6.07, 6.45) is 2.35. The zero-order valence-corrected chi connectivity index (χ0v) is 15.0. The number of anilines is 1. The highest BCUT2D eigenvalue weighted by atomic mass is 16.6. The van der Waals surface area contributed by atoms with Crippen LogP contribution in [0.1, 0.15) is 26.2 Å². The number of carbonyl (C=O) groups excluding carboxylic acids is 2. The summed E-state index contributed by atoms with van der Waals surface area (Å²) in [5, 5.41) is 6.44. The Kier molecular flexibility index (Phi) is 4.72. The molecule has 0 radical (unpaired) electrons. The number of fused-ring (bicyclic) bond motifs is 1. The van der Waals surface area contributed by atoms with Gasteiger partial charge in [0.1, 0.15) is 19.1 Å². The maximum Gasteiger partial charge on any atom is 0.239 e. The second-order valence-electron chi connectivity index (χ2n) is 7.24. The number of nitrogens with one attached hydrogen (secondary N) is 2. The van der Waals surface area contributed by atoms with Gasteiger partial charge in [-0.1, -0.05) is 0 Å². The van der Waals surface area contributed by atoms with E-state index in [1.54, 1.807) is 4.90 Å². The first kappa shape index (κ1) is 17.1. The predicted molar refractivity (Wildman–Crippen MR) is 96.5 cm³/mol. The van der Waals surface area contributed by atoms with Gasteiger partial charge in [0.15, 0.2) is 11.5 Å². The average molecular weight is 359 g/mol. The lowest BCUT2D eigenvalue weighted by atomic mass is 9.99. The molecule has 2 amide bonds. The molecule has 7 nitrogen and oxygen atoms in total. The number of hydrogen-bond donors (Lipinski definition) is 2. The molecule has 0 saturated carbocycles. The fourth-order valence-electron chi connectivity index (χ4n) is 3.94. The van der Waals surface area contributed by atoms with Crippen LogP contribution in [0.3, 0.4) is 0 Å². The van der Waals surface area contributed by atoms with Crippen LogP contribution in [0.25, 0.3) is 0 Å². The van der Waals surface area contributed by atoms with Gasteiger partial charge in [0.05, 0.1) is 0 Å². The summed E-state index contributed by atoms with van der Waals surface area (Å²) in [4.78, 5) is 27.1. The molecule has 1 aromatic rings. The minimum atomic E-state index is -0.603. The second kappa shape index (κ2) is 7.15. The molecule has 3 aliphatic rings. The predicted octanol–water partition coefficient (Wildman–Crippen LogP) is 1.07. The third-order valence-corrected chi connectivity index (χ3v) is 5.33. The molecule has 3 atom stereocenters. The van der Waals surface area contributed by atoms with Crippen LogP contribution in [0.5, 0.6) is 11.5 Å². The van der Waals surface area contributed by atoms with Gasteiger partial charge in [0.25, 0.3) is 0 Å². The first-order valence-corrected chi connectivity index (χ1v) is 9.36. The van der Waals surface area contributed by atoms with Crippen molar-refractivity contribution in [2.75, 3.05) is 31.2 Å². The van der Waals surface area contributed by atoms with E-state index in [1.165, 1.54) is 0 Å². The molecule has 26 heavy (non-hydrogen) atoms. The Morgan fingerprint density at radius 1 is 1.23 bits per heavy atom. The van der Waals surface area contributed by atoms with E-state index in [0.717, 1.165) is 25.1 Å². The monoisotopic (exact) mass is 359 g/mol. The molecule has 2 fully saturated rings. The van der Waals surface area contributed by atoms with Gasteiger partial charge in [-0.15, -0.1) is 0 Å². The first-order chi connectivity index (χ1) is 12.6. The minimum absolute atomic E-state index is 0.138. The van der Waals surface area contributed by atoms with Crippen LogP contribution in [-0.4, -0.2) is 50.2 Å². The van der Waals surface area contributed by atoms with Crippen molar-refractivity contribution in [1.82, 2.24) is 10.6 Å². The molecule has 0 aromatic heterocycles. The van der Waals surface area contributed by atoms with Crippen molar-refractivity contribution in [2.45, 2.75) is 38.3 Å². The lowest BCUT2D eigenvalue weighted by molar-refractivity contribution is -0.132. The van der Waals surface area contributed by atoms with Gasteiger partial charge in [-0.25, -0.2) is 0 Å². The summed E-state index contributed by atoms with van der Waals surface area (Å²) < 4.78 is 11.1. The quantitative estimate of drug-likeness (QED) is 0.789. The van der Waals surface area contributed by atoms with Crippen LogP contribution >= 0.6 is 0 Å². The molecule has 1 aromatic carbocycles. The van der Waals surface area contributed by atoms with Crippen molar-refractivity contribution >= 4 is 17.5 Å². The number of piperidine rings is 1. The van der Waals surface area contributed by atoms with E-state index >= 15 is 0 Å². The molecular weight excluding hydrogens is 334 g/mol. The highest BCUT2D eigenvalue weighted by Gasteiger charge is 2.38. The van der Waals surface area contributed by atoms with Crippen molar-refractivity contribution in [3.8, 4) is 11.5 Å². The van der Waals surface area contributed by atoms with Gasteiger partial charge in [-0.05, 0) is 44.9 Å². The number of hydrogen-bond acceptors (Lipinski definition) is 5. The van der Waals surface area contributed by atoms with Crippen LogP contribution in [0, 0.1) is 5.92 Å². The van der Waals surface area contributed by atoms with Crippen LogP contribution in [0.2, 0.25) is 0 Å². The van der Waals surface area contributed by atoms with Crippen LogP contribution in [-0.2, 0) is 9.59 Å². The van der Waals surface area contributed by atoms with E-state index in [1.807, 2.05) is 18.2 Å². The summed E-state index contributed by atoms with van der Waals surface area (Å²) in [5.74, 6) is 0.461.